The van der Waals surface area contributed by atoms with Crippen LogP contribution in [0.15, 0.2) is 54.4 Å². The van der Waals surface area contributed by atoms with Crippen molar-refractivity contribution < 1.29 is 18.3 Å². The van der Waals surface area contributed by atoms with Crippen LogP contribution in [0.3, 0.4) is 0 Å². The molecule has 1 heterocycles. The Kier molecular flexibility index (Phi) is 5.36. The van der Waals surface area contributed by atoms with E-state index in [0.717, 1.165) is 0 Å². The summed E-state index contributed by atoms with van der Waals surface area (Å²) >= 11 is 0. The molecule has 116 valence electrons. The van der Waals surface area contributed by atoms with Crippen LogP contribution >= 0.6 is 0 Å². The molecule has 1 N–H and O–H groups in total. The molecule has 1 aromatic heterocycles. The van der Waals surface area contributed by atoms with Crippen molar-refractivity contribution in [2.75, 3.05) is 5.32 Å². The molecule has 2 rings (SSSR count). The summed E-state index contributed by atoms with van der Waals surface area (Å²) in [4.78, 5) is 15.9. The van der Waals surface area contributed by atoms with Crippen LogP contribution in [-0.4, -0.2) is 17.5 Å². The molecule has 0 aliphatic rings. The summed E-state index contributed by atoms with van der Waals surface area (Å²) in [7, 11) is 0. The fourth-order valence-electron chi connectivity index (χ4n) is 1.74. The SMILES string of the molecule is N#C/C(=C\c1ccccc1OC(F)F)C(=O)Nc1cccnc1. The van der Waals surface area contributed by atoms with Gasteiger partial charge in [0.05, 0.1) is 11.9 Å². The Morgan fingerprint density at radius 1 is 1.30 bits per heavy atom. The molecule has 7 heteroatoms. The van der Waals surface area contributed by atoms with E-state index >= 15 is 0 Å². The van der Waals surface area contributed by atoms with Gasteiger partial charge in [-0.05, 0) is 24.3 Å². The first-order valence-corrected chi connectivity index (χ1v) is 6.47. The van der Waals surface area contributed by atoms with Gasteiger partial charge in [-0.1, -0.05) is 18.2 Å². The highest BCUT2D eigenvalue weighted by Gasteiger charge is 2.13. The maximum atomic E-state index is 12.4. The van der Waals surface area contributed by atoms with Gasteiger partial charge in [-0.3, -0.25) is 9.78 Å². The summed E-state index contributed by atoms with van der Waals surface area (Å²) in [6.45, 7) is -3.00. The van der Waals surface area contributed by atoms with Crippen molar-refractivity contribution in [3.63, 3.8) is 0 Å². The van der Waals surface area contributed by atoms with Crippen molar-refractivity contribution in [3.05, 3.63) is 59.9 Å². The number of rotatable bonds is 5. The van der Waals surface area contributed by atoms with E-state index < -0.39 is 12.5 Å². The lowest BCUT2D eigenvalue weighted by Gasteiger charge is -2.08. The van der Waals surface area contributed by atoms with Gasteiger partial charge < -0.3 is 10.1 Å². The number of benzene rings is 1. The molecule has 1 aromatic carbocycles. The first-order chi connectivity index (χ1) is 11.1. The fraction of sp³-hybridized carbons (Fsp3) is 0.0625. The van der Waals surface area contributed by atoms with Gasteiger partial charge in [0.25, 0.3) is 5.91 Å². The number of nitrogens with one attached hydrogen (secondary N) is 1. The number of halogens is 2. The van der Waals surface area contributed by atoms with Gasteiger partial charge in [0.15, 0.2) is 0 Å². The minimum atomic E-state index is -3.00. The molecule has 0 aliphatic heterocycles. The first kappa shape index (κ1) is 16.1. The number of para-hydroxylation sites is 1. The highest BCUT2D eigenvalue weighted by molar-refractivity contribution is 6.09. The Balaban J connectivity index is 2.25. The summed E-state index contributed by atoms with van der Waals surface area (Å²) in [5.74, 6) is -0.795. The number of amides is 1. The van der Waals surface area contributed by atoms with Crippen LogP contribution in [0.5, 0.6) is 5.75 Å². The molecule has 0 saturated carbocycles. The summed E-state index contributed by atoms with van der Waals surface area (Å²) in [6.07, 6.45) is 4.14. The van der Waals surface area contributed by atoms with E-state index in [9.17, 15) is 13.6 Å². The van der Waals surface area contributed by atoms with Gasteiger partial charge in [-0.2, -0.15) is 14.0 Å². The Bertz CT molecular complexity index is 755. The second-order valence-electron chi connectivity index (χ2n) is 4.28. The number of alkyl halides is 2. The second kappa shape index (κ2) is 7.66. The number of nitriles is 1. The maximum absolute atomic E-state index is 12.4. The number of hydrogen-bond acceptors (Lipinski definition) is 4. The van der Waals surface area contributed by atoms with Crippen LogP contribution in [0.1, 0.15) is 5.56 Å². The van der Waals surface area contributed by atoms with E-state index in [4.69, 9.17) is 5.26 Å². The van der Waals surface area contributed by atoms with Gasteiger partial charge in [-0.15, -0.1) is 0 Å². The number of hydrogen-bond donors (Lipinski definition) is 1. The highest BCUT2D eigenvalue weighted by atomic mass is 19.3. The highest BCUT2D eigenvalue weighted by Crippen LogP contribution is 2.23. The first-order valence-electron chi connectivity index (χ1n) is 6.47. The molecular weight excluding hydrogens is 304 g/mol. The summed E-state index contributed by atoms with van der Waals surface area (Å²) in [5.41, 5.74) is 0.362. The van der Waals surface area contributed by atoms with Gasteiger partial charge in [0, 0.05) is 11.8 Å². The number of carbonyl (C=O) groups excluding carboxylic acids is 1. The zero-order chi connectivity index (χ0) is 16.7. The van der Waals surface area contributed by atoms with Crippen LogP contribution in [0.25, 0.3) is 6.08 Å². The van der Waals surface area contributed by atoms with Gasteiger partial charge >= 0.3 is 6.61 Å². The Morgan fingerprint density at radius 3 is 2.74 bits per heavy atom. The monoisotopic (exact) mass is 315 g/mol. The van der Waals surface area contributed by atoms with Crippen LogP contribution in [0.4, 0.5) is 14.5 Å². The molecule has 0 fully saturated rings. The van der Waals surface area contributed by atoms with Crippen molar-refractivity contribution in [2.45, 2.75) is 6.61 Å². The van der Waals surface area contributed by atoms with E-state index in [2.05, 4.69) is 15.0 Å². The van der Waals surface area contributed by atoms with E-state index in [1.165, 1.54) is 36.7 Å². The molecule has 0 bridgehead atoms. The van der Waals surface area contributed by atoms with Crippen molar-refractivity contribution in [1.82, 2.24) is 4.98 Å². The average Bonchev–Trinajstić information content (AvgIpc) is 2.54. The lowest BCUT2D eigenvalue weighted by atomic mass is 10.1. The Hall–Kier alpha value is -3.27. The van der Waals surface area contributed by atoms with Crippen LogP contribution in [0, 0.1) is 11.3 Å². The maximum Gasteiger partial charge on any atom is 0.387 e. The largest absolute Gasteiger partial charge is 0.434 e. The summed E-state index contributed by atoms with van der Waals surface area (Å²) in [5, 5.41) is 11.6. The van der Waals surface area contributed by atoms with Crippen molar-refractivity contribution in [1.29, 1.82) is 5.26 Å². The summed E-state index contributed by atoms with van der Waals surface area (Å²) in [6, 6.07) is 10.8. The predicted molar refractivity (Wildman–Crippen MR) is 79.5 cm³/mol. The van der Waals surface area contributed by atoms with E-state index in [1.807, 2.05) is 0 Å². The van der Waals surface area contributed by atoms with Gasteiger partial charge in [0.1, 0.15) is 17.4 Å². The molecule has 23 heavy (non-hydrogen) atoms. The topological polar surface area (TPSA) is 75.0 Å². The van der Waals surface area contributed by atoms with Crippen LogP contribution in [0.2, 0.25) is 0 Å². The molecule has 2 aromatic rings. The molecule has 0 spiro atoms. The standard InChI is InChI=1S/C16H11F2N3O2/c17-16(18)23-14-6-2-1-4-11(14)8-12(9-19)15(22)21-13-5-3-7-20-10-13/h1-8,10,16H,(H,21,22)/b12-8+. The van der Waals surface area contributed by atoms with Crippen molar-refractivity contribution in [3.8, 4) is 11.8 Å². The predicted octanol–water partition coefficient (Wildman–Crippen LogP) is 3.23. The van der Waals surface area contributed by atoms with Crippen molar-refractivity contribution in [2.24, 2.45) is 0 Å². The number of aromatic nitrogens is 1. The van der Waals surface area contributed by atoms with Gasteiger partial charge in [-0.25, -0.2) is 0 Å². The van der Waals surface area contributed by atoms with E-state index in [1.54, 1.807) is 24.3 Å². The molecular formula is C16H11F2N3O2. The van der Waals surface area contributed by atoms with Crippen LogP contribution < -0.4 is 10.1 Å². The lowest BCUT2D eigenvalue weighted by Crippen LogP contribution is -2.13. The molecule has 5 nitrogen and oxygen atoms in total. The summed E-state index contributed by atoms with van der Waals surface area (Å²) < 4.78 is 29.1. The number of ether oxygens (including phenoxy) is 1. The van der Waals surface area contributed by atoms with Gasteiger partial charge in [0.2, 0.25) is 0 Å². The third-order valence-electron chi connectivity index (χ3n) is 2.72. The third-order valence-corrected chi connectivity index (χ3v) is 2.72. The smallest absolute Gasteiger partial charge is 0.387 e. The fourth-order valence-corrected chi connectivity index (χ4v) is 1.74. The molecule has 0 unspecified atom stereocenters. The van der Waals surface area contributed by atoms with E-state index in [0.29, 0.717) is 5.69 Å². The van der Waals surface area contributed by atoms with Crippen molar-refractivity contribution >= 4 is 17.7 Å². The number of carbonyl (C=O) groups is 1. The molecule has 0 aliphatic carbocycles. The lowest BCUT2D eigenvalue weighted by molar-refractivity contribution is -0.112. The number of pyridine rings is 1. The van der Waals surface area contributed by atoms with Crippen LogP contribution in [-0.2, 0) is 4.79 Å². The molecule has 0 radical (unpaired) electrons. The molecule has 0 atom stereocenters. The zero-order valence-corrected chi connectivity index (χ0v) is 11.7. The molecule has 0 saturated heterocycles. The zero-order valence-electron chi connectivity index (χ0n) is 11.7. The third kappa shape index (κ3) is 4.61. The second-order valence-corrected chi connectivity index (χ2v) is 4.28. The van der Waals surface area contributed by atoms with E-state index in [-0.39, 0.29) is 16.9 Å². The number of anilines is 1. The molecule has 1 amide bonds. The minimum Gasteiger partial charge on any atom is -0.434 e. The Morgan fingerprint density at radius 2 is 2.09 bits per heavy atom. The quantitative estimate of drug-likeness (QED) is 0.679. The normalized spacial score (nSPS) is 11.0. The minimum absolute atomic E-state index is 0.121. The number of nitrogens with zero attached hydrogens (tertiary/aromatic N) is 2. The average molecular weight is 315 g/mol. The Labute approximate surface area is 130 Å².